The summed E-state index contributed by atoms with van der Waals surface area (Å²) in [5.74, 6) is -0.441. The fraction of sp³-hybridized carbons (Fsp3) is 0.389. The molecule has 1 saturated heterocycles. The molecule has 0 radical (unpaired) electrons. The van der Waals surface area contributed by atoms with Crippen LogP contribution in [0.1, 0.15) is 11.5 Å². The standard InChI is InChI=1S/C18H19Br2FN2O2/c19-14-6-5-12(11-15(14)20)17-13(18(17)21)3-1-2-4-16(24)22-23-7-9-25-10-8-23/h1-6,11,13,17-18H,7-10H2,(H,22,24)/b3-1+,4-2+. The van der Waals surface area contributed by atoms with Crippen molar-refractivity contribution in [2.45, 2.75) is 12.1 Å². The normalized spacial score (nSPS) is 27.1. The minimum absolute atomic E-state index is 0.115. The van der Waals surface area contributed by atoms with Gasteiger partial charge in [-0.3, -0.25) is 10.2 Å². The van der Waals surface area contributed by atoms with Crippen LogP contribution in [-0.4, -0.2) is 43.4 Å². The highest BCUT2D eigenvalue weighted by Crippen LogP contribution is 2.51. The second-order valence-electron chi connectivity index (χ2n) is 6.04. The number of ether oxygens (including phenoxy) is 1. The molecule has 134 valence electrons. The summed E-state index contributed by atoms with van der Waals surface area (Å²) in [5.41, 5.74) is 3.77. The van der Waals surface area contributed by atoms with Crippen molar-refractivity contribution < 1.29 is 13.9 Å². The van der Waals surface area contributed by atoms with E-state index >= 15 is 0 Å². The average molecular weight is 474 g/mol. The molecule has 1 N–H and O–H groups in total. The summed E-state index contributed by atoms with van der Waals surface area (Å²) >= 11 is 6.87. The zero-order valence-electron chi connectivity index (χ0n) is 13.5. The Hall–Kier alpha value is -1.02. The first-order chi connectivity index (χ1) is 12.1. The number of benzene rings is 1. The Labute approximate surface area is 163 Å². The van der Waals surface area contributed by atoms with Crippen molar-refractivity contribution in [3.05, 3.63) is 57.0 Å². The van der Waals surface area contributed by atoms with Gasteiger partial charge in [0, 0.05) is 39.9 Å². The quantitative estimate of drug-likeness (QED) is 0.523. The van der Waals surface area contributed by atoms with Crippen LogP contribution in [0.25, 0.3) is 0 Å². The highest BCUT2D eigenvalue weighted by Gasteiger charge is 2.50. The lowest BCUT2D eigenvalue weighted by Crippen LogP contribution is -2.47. The number of allylic oxidation sites excluding steroid dienone is 3. The maximum absolute atomic E-state index is 14.1. The third-order valence-electron chi connectivity index (χ3n) is 4.28. The smallest absolute Gasteiger partial charge is 0.258 e. The van der Waals surface area contributed by atoms with E-state index in [-0.39, 0.29) is 17.7 Å². The first-order valence-electron chi connectivity index (χ1n) is 8.13. The van der Waals surface area contributed by atoms with Gasteiger partial charge in [-0.25, -0.2) is 9.40 Å². The van der Waals surface area contributed by atoms with Crippen LogP contribution in [0, 0.1) is 5.92 Å². The summed E-state index contributed by atoms with van der Waals surface area (Å²) in [6.45, 7) is 2.62. The second-order valence-corrected chi connectivity index (χ2v) is 7.75. The Bertz CT molecular complexity index is 690. The van der Waals surface area contributed by atoms with Crippen molar-refractivity contribution in [2.24, 2.45) is 5.92 Å². The van der Waals surface area contributed by atoms with Gasteiger partial charge in [0.15, 0.2) is 0 Å². The van der Waals surface area contributed by atoms with E-state index in [1.807, 2.05) is 29.3 Å². The molecule has 3 rings (SSSR count). The van der Waals surface area contributed by atoms with Gasteiger partial charge in [0.05, 0.1) is 13.2 Å². The number of hydrogen-bond donors (Lipinski definition) is 1. The third-order valence-corrected chi connectivity index (χ3v) is 6.16. The summed E-state index contributed by atoms with van der Waals surface area (Å²) in [4.78, 5) is 11.8. The molecule has 1 aliphatic heterocycles. The van der Waals surface area contributed by atoms with Gasteiger partial charge in [-0.1, -0.05) is 24.3 Å². The van der Waals surface area contributed by atoms with Crippen LogP contribution in [-0.2, 0) is 9.53 Å². The second kappa shape index (κ2) is 8.58. The van der Waals surface area contributed by atoms with Crippen LogP contribution in [0.3, 0.4) is 0 Å². The maximum Gasteiger partial charge on any atom is 0.258 e. The van der Waals surface area contributed by atoms with Crippen LogP contribution in [0.4, 0.5) is 4.39 Å². The predicted molar refractivity (Wildman–Crippen MR) is 102 cm³/mol. The highest BCUT2D eigenvalue weighted by atomic mass is 79.9. The zero-order chi connectivity index (χ0) is 17.8. The van der Waals surface area contributed by atoms with Gasteiger partial charge < -0.3 is 4.74 Å². The molecule has 1 heterocycles. The Kier molecular flexibility index (Phi) is 6.44. The molecule has 4 nitrogen and oxygen atoms in total. The number of nitrogens with one attached hydrogen (secondary N) is 1. The van der Waals surface area contributed by atoms with Crippen molar-refractivity contribution in [2.75, 3.05) is 26.3 Å². The van der Waals surface area contributed by atoms with Gasteiger partial charge in [0.1, 0.15) is 6.17 Å². The molecule has 0 aromatic heterocycles. The average Bonchev–Trinajstić information content (AvgIpc) is 3.24. The van der Waals surface area contributed by atoms with Crippen LogP contribution < -0.4 is 5.43 Å². The molecular formula is C18H19Br2FN2O2. The van der Waals surface area contributed by atoms with Crippen molar-refractivity contribution in [1.82, 2.24) is 10.4 Å². The summed E-state index contributed by atoms with van der Waals surface area (Å²) in [7, 11) is 0. The minimum Gasteiger partial charge on any atom is -0.379 e. The van der Waals surface area contributed by atoms with E-state index in [9.17, 15) is 9.18 Å². The number of hydrogen-bond acceptors (Lipinski definition) is 3. The summed E-state index contributed by atoms with van der Waals surface area (Å²) in [5, 5.41) is 1.83. The van der Waals surface area contributed by atoms with Crippen LogP contribution >= 0.6 is 31.9 Å². The molecule has 0 spiro atoms. The Balaban J connectivity index is 1.48. The Morgan fingerprint density at radius 1 is 1.24 bits per heavy atom. The number of alkyl halides is 1. The number of rotatable bonds is 5. The fourth-order valence-electron chi connectivity index (χ4n) is 2.85. The van der Waals surface area contributed by atoms with Gasteiger partial charge in [-0.2, -0.15) is 0 Å². The Morgan fingerprint density at radius 3 is 2.72 bits per heavy atom. The molecule has 25 heavy (non-hydrogen) atoms. The van der Waals surface area contributed by atoms with Gasteiger partial charge in [0.2, 0.25) is 0 Å². The SMILES string of the molecule is O=C(/C=C/C=C/C1C(F)C1c1ccc(Br)c(Br)c1)NN1CCOCC1. The number of morpholine rings is 1. The molecule has 1 aromatic carbocycles. The van der Waals surface area contributed by atoms with E-state index in [1.54, 1.807) is 12.2 Å². The van der Waals surface area contributed by atoms with Crippen molar-refractivity contribution in [3.8, 4) is 0 Å². The van der Waals surface area contributed by atoms with Crippen LogP contribution in [0.5, 0.6) is 0 Å². The van der Waals surface area contributed by atoms with E-state index < -0.39 is 6.17 Å². The topological polar surface area (TPSA) is 41.6 Å². The lowest BCUT2D eigenvalue weighted by molar-refractivity contribution is -0.123. The highest BCUT2D eigenvalue weighted by molar-refractivity contribution is 9.13. The van der Waals surface area contributed by atoms with E-state index in [4.69, 9.17) is 4.74 Å². The molecule has 2 aliphatic rings. The monoisotopic (exact) mass is 472 g/mol. The summed E-state index contributed by atoms with van der Waals surface area (Å²) in [6.07, 6.45) is 5.79. The maximum atomic E-state index is 14.1. The molecule has 3 atom stereocenters. The predicted octanol–water partition coefficient (Wildman–Crippen LogP) is 3.74. The minimum atomic E-state index is -0.875. The largest absolute Gasteiger partial charge is 0.379 e. The molecule has 2 fully saturated rings. The first-order valence-corrected chi connectivity index (χ1v) is 9.72. The van der Waals surface area contributed by atoms with Gasteiger partial charge >= 0.3 is 0 Å². The molecule has 1 saturated carbocycles. The van der Waals surface area contributed by atoms with Crippen molar-refractivity contribution in [1.29, 1.82) is 0 Å². The van der Waals surface area contributed by atoms with Crippen LogP contribution in [0.15, 0.2) is 51.4 Å². The first kappa shape index (κ1) is 18.8. The summed E-state index contributed by atoms with van der Waals surface area (Å²) in [6, 6.07) is 5.80. The molecule has 1 amide bonds. The number of carbonyl (C=O) groups excluding carboxylic acids is 1. The van der Waals surface area contributed by atoms with Gasteiger partial charge in [-0.15, -0.1) is 0 Å². The van der Waals surface area contributed by atoms with E-state index in [0.717, 1.165) is 14.5 Å². The van der Waals surface area contributed by atoms with Crippen molar-refractivity contribution in [3.63, 3.8) is 0 Å². The molecule has 1 aliphatic carbocycles. The third kappa shape index (κ3) is 5.00. The molecule has 0 bridgehead atoms. The fourth-order valence-corrected chi connectivity index (χ4v) is 3.49. The van der Waals surface area contributed by atoms with Crippen molar-refractivity contribution >= 4 is 37.8 Å². The number of halogens is 3. The van der Waals surface area contributed by atoms with E-state index in [2.05, 4.69) is 37.3 Å². The summed E-state index contributed by atoms with van der Waals surface area (Å²) < 4.78 is 21.1. The molecule has 3 unspecified atom stereocenters. The molecule has 1 aromatic rings. The van der Waals surface area contributed by atoms with Crippen LogP contribution in [0.2, 0.25) is 0 Å². The molecule has 7 heteroatoms. The Morgan fingerprint density at radius 2 is 2.00 bits per heavy atom. The number of nitrogens with zero attached hydrogens (tertiary/aromatic N) is 1. The lowest BCUT2D eigenvalue weighted by Gasteiger charge is -2.26. The zero-order valence-corrected chi connectivity index (χ0v) is 16.7. The lowest BCUT2D eigenvalue weighted by atomic mass is 10.1. The van der Waals surface area contributed by atoms with Gasteiger partial charge in [-0.05, 0) is 49.6 Å². The number of carbonyl (C=O) groups is 1. The number of hydrazine groups is 1. The van der Waals surface area contributed by atoms with E-state index in [0.29, 0.717) is 26.3 Å². The van der Waals surface area contributed by atoms with Gasteiger partial charge in [0.25, 0.3) is 5.91 Å². The number of amides is 1. The van der Waals surface area contributed by atoms with E-state index in [1.165, 1.54) is 6.08 Å². The molecular weight excluding hydrogens is 455 g/mol.